The van der Waals surface area contributed by atoms with E-state index in [9.17, 15) is 9.90 Å². The maximum absolute atomic E-state index is 12.7. The molecule has 0 aliphatic carbocycles. The van der Waals surface area contributed by atoms with Crippen LogP contribution in [0.25, 0.3) is 11.0 Å². The van der Waals surface area contributed by atoms with Crippen molar-refractivity contribution in [3.63, 3.8) is 0 Å². The van der Waals surface area contributed by atoms with Crippen molar-refractivity contribution in [1.82, 2.24) is 0 Å². The summed E-state index contributed by atoms with van der Waals surface area (Å²) in [5.41, 5.74) is 2.35. The van der Waals surface area contributed by atoms with Gasteiger partial charge in [0, 0.05) is 18.2 Å². The molecule has 0 amide bonds. The lowest BCUT2D eigenvalue weighted by atomic mass is 9.99. The number of aromatic hydroxyl groups is 1. The minimum Gasteiger partial charge on any atom is -0.508 e. The van der Waals surface area contributed by atoms with Crippen LogP contribution in [0.1, 0.15) is 35.0 Å². The number of hydrogen-bond acceptors (Lipinski definition) is 3. The summed E-state index contributed by atoms with van der Waals surface area (Å²) in [6.07, 6.45) is 1.99. The molecular weight excluding hydrogens is 276 g/mol. The van der Waals surface area contributed by atoms with E-state index in [2.05, 4.69) is 6.92 Å². The number of aryl methyl sites for hydroxylation is 1. The molecule has 22 heavy (non-hydrogen) atoms. The second-order valence-corrected chi connectivity index (χ2v) is 5.41. The highest BCUT2D eigenvalue weighted by Gasteiger charge is 2.20. The molecule has 1 heterocycles. The van der Waals surface area contributed by atoms with Gasteiger partial charge >= 0.3 is 0 Å². The minimum absolute atomic E-state index is 0.0547. The zero-order valence-electron chi connectivity index (χ0n) is 12.5. The summed E-state index contributed by atoms with van der Waals surface area (Å²) in [6.45, 7) is 2.07. The fraction of sp³-hybridized carbons (Fsp3) is 0.211. The first-order chi connectivity index (χ1) is 10.7. The average Bonchev–Trinajstić information content (AvgIpc) is 2.88. The van der Waals surface area contributed by atoms with Gasteiger partial charge in [0.1, 0.15) is 17.1 Å². The smallest absolute Gasteiger partial charge is 0.171 e. The fourth-order valence-corrected chi connectivity index (χ4v) is 2.69. The Hall–Kier alpha value is -2.55. The molecule has 0 saturated heterocycles. The first-order valence-corrected chi connectivity index (χ1v) is 7.50. The third-order valence-electron chi connectivity index (χ3n) is 3.73. The summed E-state index contributed by atoms with van der Waals surface area (Å²) in [6, 6.07) is 14.4. The molecular formula is C19H18O3. The molecule has 3 nitrogen and oxygen atoms in total. The van der Waals surface area contributed by atoms with E-state index in [1.54, 1.807) is 24.3 Å². The van der Waals surface area contributed by atoms with E-state index in [-0.39, 0.29) is 11.5 Å². The van der Waals surface area contributed by atoms with Gasteiger partial charge in [-0.3, -0.25) is 4.79 Å². The Morgan fingerprint density at radius 1 is 1.09 bits per heavy atom. The summed E-state index contributed by atoms with van der Waals surface area (Å²) in [5.74, 6) is 1.03. The lowest BCUT2D eigenvalue weighted by molar-refractivity contribution is 0.0992. The van der Waals surface area contributed by atoms with E-state index in [0.717, 1.165) is 35.1 Å². The molecule has 0 spiro atoms. The summed E-state index contributed by atoms with van der Waals surface area (Å²) >= 11 is 0. The Labute approximate surface area is 129 Å². The maximum Gasteiger partial charge on any atom is 0.171 e. The van der Waals surface area contributed by atoms with Gasteiger partial charge in [0.2, 0.25) is 0 Å². The normalized spacial score (nSPS) is 11.0. The van der Waals surface area contributed by atoms with Crippen LogP contribution in [0.15, 0.2) is 52.9 Å². The number of carbonyl (C=O) groups is 1. The number of phenolic OH excluding ortho intramolecular Hbond substituents is 1. The molecule has 3 aromatic rings. The van der Waals surface area contributed by atoms with Gasteiger partial charge < -0.3 is 9.52 Å². The van der Waals surface area contributed by atoms with Crippen LogP contribution in [0.5, 0.6) is 5.75 Å². The van der Waals surface area contributed by atoms with Crippen molar-refractivity contribution >= 4 is 16.8 Å². The SMILES string of the molecule is CCCc1oc2ccccc2c1C(=O)Cc1ccc(O)cc1. The van der Waals surface area contributed by atoms with E-state index in [1.807, 2.05) is 24.3 Å². The standard InChI is InChI=1S/C19H18O3/c1-2-5-18-19(15-6-3-4-7-17(15)22-18)16(21)12-13-8-10-14(20)11-9-13/h3-4,6-11,20H,2,5,12H2,1H3. The van der Waals surface area contributed by atoms with E-state index in [4.69, 9.17) is 4.42 Å². The largest absolute Gasteiger partial charge is 0.508 e. The first-order valence-electron chi connectivity index (χ1n) is 7.50. The number of carbonyl (C=O) groups excluding carboxylic acids is 1. The van der Waals surface area contributed by atoms with Gasteiger partial charge in [-0.15, -0.1) is 0 Å². The van der Waals surface area contributed by atoms with Gasteiger partial charge in [0.25, 0.3) is 0 Å². The number of para-hydroxylation sites is 1. The second kappa shape index (κ2) is 6.06. The number of furan rings is 1. The number of rotatable bonds is 5. The Kier molecular flexibility index (Phi) is 3.96. The minimum atomic E-state index is 0.0547. The van der Waals surface area contributed by atoms with Crippen molar-refractivity contribution in [2.75, 3.05) is 0 Å². The van der Waals surface area contributed by atoms with Crippen molar-refractivity contribution in [1.29, 1.82) is 0 Å². The summed E-state index contributed by atoms with van der Waals surface area (Å²) < 4.78 is 5.86. The van der Waals surface area contributed by atoms with Crippen LogP contribution in [-0.4, -0.2) is 10.9 Å². The quantitative estimate of drug-likeness (QED) is 0.704. The molecule has 0 aliphatic rings. The molecule has 3 heteroatoms. The second-order valence-electron chi connectivity index (χ2n) is 5.41. The summed E-state index contributed by atoms with van der Waals surface area (Å²) in [5, 5.41) is 10.2. The molecule has 0 saturated carbocycles. The Morgan fingerprint density at radius 2 is 1.82 bits per heavy atom. The molecule has 0 unspecified atom stereocenters. The van der Waals surface area contributed by atoms with Crippen molar-refractivity contribution in [2.45, 2.75) is 26.2 Å². The van der Waals surface area contributed by atoms with Crippen LogP contribution in [0, 0.1) is 0 Å². The van der Waals surface area contributed by atoms with Gasteiger partial charge in [-0.1, -0.05) is 37.3 Å². The molecule has 1 aromatic heterocycles. The van der Waals surface area contributed by atoms with Gasteiger partial charge in [-0.25, -0.2) is 0 Å². The molecule has 0 fully saturated rings. The highest BCUT2D eigenvalue weighted by atomic mass is 16.3. The Morgan fingerprint density at radius 3 is 2.55 bits per heavy atom. The zero-order valence-corrected chi connectivity index (χ0v) is 12.5. The molecule has 0 atom stereocenters. The molecule has 0 bridgehead atoms. The molecule has 0 radical (unpaired) electrons. The lowest BCUT2D eigenvalue weighted by Crippen LogP contribution is -2.05. The van der Waals surface area contributed by atoms with Crippen LogP contribution >= 0.6 is 0 Å². The molecule has 1 N–H and O–H groups in total. The van der Waals surface area contributed by atoms with E-state index in [0.29, 0.717) is 12.0 Å². The summed E-state index contributed by atoms with van der Waals surface area (Å²) in [4.78, 5) is 12.7. The average molecular weight is 294 g/mol. The topological polar surface area (TPSA) is 50.4 Å². The van der Waals surface area contributed by atoms with E-state index in [1.165, 1.54) is 0 Å². The Balaban J connectivity index is 1.98. The monoisotopic (exact) mass is 294 g/mol. The third-order valence-corrected chi connectivity index (χ3v) is 3.73. The fourth-order valence-electron chi connectivity index (χ4n) is 2.69. The van der Waals surface area contributed by atoms with Crippen molar-refractivity contribution < 1.29 is 14.3 Å². The zero-order chi connectivity index (χ0) is 15.5. The highest BCUT2D eigenvalue weighted by Crippen LogP contribution is 2.28. The van der Waals surface area contributed by atoms with Gasteiger partial charge in [0.05, 0.1) is 5.56 Å². The van der Waals surface area contributed by atoms with Crippen LogP contribution < -0.4 is 0 Å². The van der Waals surface area contributed by atoms with Crippen LogP contribution in [0.3, 0.4) is 0 Å². The molecule has 112 valence electrons. The maximum atomic E-state index is 12.7. The van der Waals surface area contributed by atoms with E-state index < -0.39 is 0 Å². The van der Waals surface area contributed by atoms with Crippen molar-refractivity contribution in [3.8, 4) is 5.75 Å². The highest BCUT2D eigenvalue weighted by molar-refractivity contribution is 6.09. The van der Waals surface area contributed by atoms with Gasteiger partial charge in [-0.05, 0) is 30.2 Å². The van der Waals surface area contributed by atoms with Crippen LogP contribution in [-0.2, 0) is 12.8 Å². The van der Waals surface area contributed by atoms with Crippen LogP contribution in [0.4, 0.5) is 0 Å². The van der Waals surface area contributed by atoms with E-state index >= 15 is 0 Å². The molecule has 2 aromatic carbocycles. The number of ketones is 1. The predicted molar refractivity (Wildman–Crippen MR) is 86.4 cm³/mol. The lowest BCUT2D eigenvalue weighted by Gasteiger charge is -2.03. The third kappa shape index (κ3) is 2.75. The first kappa shape index (κ1) is 14.4. The van der Waals surface area contributed by atoms with Crippen molar-refractivity contribution in [3.05, 3.63) is 65.4 Å². The molecule has 3 rings (SSSR count). The number of Topliss-reactive ketones (excluding diaryl/α,β-unsaturated/α-hetero) is 1. The van der Waals surface area contributed by atoms with Gasteiger partial charge in [0.15, 0.2) is 5.78 Å². The van der Waals surface area contributed by atoms with Gasteiger partial charge in [-0.2, -0.15) is 0 Å². The van der Waals surface area contributed by atoms with Crippen molar-refractivity contribution in [2.24, 2.45) is 0 Å². The number of hydrogen-bond donors (Lipinski definition) is 1. The number of fused-ring (bicyclic) bond motifs is 1. The van der Waals surface area contributed by atoms with Crippen LogP contribution in [0.2, 0.25) is 0 Å². The summed E-state index contributed by atoms with van der Waals surface area (Å²) in [7, 11) is 0. The molecule has 0 aliphatic heterocycles. The number of phenols is 1. The predicted octanol–water partition coefficient (Wildman–Crippen LogP) is 4.52. The Bertz CT molecular complexity index is 797. The number of benzene rings is 2.